The molecule has 0 fully saturated rings. The molecule has 1 aromatic carbocycles. The molecule has 0 saturated carbocycles. The maximum absolute atomic E-state index is 11.1. The molecule has 1 aliphatic heterocycles. The zero-order valence-corrected chi connectivity index (χ0v) is 11.7. The second-order valence-corrected chi connectivity index (χ2v) is 5.60. The minimum atomic E-state index is -0.997. The van der Waals surface area contributed by atoms with Gasteiger partial charge in [-0.2, -0.15) is 0 Å². The highest BCUT2D eigenvalue weighted by molar-refractivity contribution is 6.34. The van der Waals surface area contributed by atoms with E-state index in [-0.39, 0.29) is 16.1 Å². The van der Waals surface area contributed by atoms with E-state index in [4.69, 9.17) is 16.7 Å². The number of rotatable bonds is 1. The third-order valence-electron chi connectivity index (χ3n) is 3.54. The summed E-state index contributed by atoms with van der Waals surface area (Å²) >= 11 is 6.04. The lowest BCUT2D eigenvalue weighted by Crippen LogP contribution is -2.42. The summed E-state index contributed by atoms with van der Waals surface area (Å²) in [6.07, 6.45) is 2.13. The fraction of sp³-hybridized carbons (Fsp3) is 0.357. The lowest BCUT2D eigenvalue weighted by molar-refractivity contribution is 0.0697. The highest BCUT2D eigenvalue weighted by atomic mass is 35.5. The normalized spacial score (nSPS) is 17.2. The highest BCUT2D eigenvalue weighted by Gasteiger charge is 2.29. The number of carbonyl (C=O) groups is 1. The van der Waals surface area contributed by atoms with E-state index in [0.29, 0.717) is 0 Å². The van der Waals surface area contributed by atoms with Gasteiger partial charge in [-0.05, 0) is 38.5 Å². The van der Waals surface area contributed by atoms with Gasteiger partial charge in [-0.3, -0.25) is 0 Å². The van der Waals surface area contributed by atoms with Gasteiger partial charge in [0, 0.05) is 18.3 Å². The average Bonchev–Trinajstić information content (AvgIpc) is 2.24. The van der Waals surface area contributed by atoms with E-state index in [1.807, 2.05) is 14.0 Å². The Bertz CT molecular complexity index is 561. The molecule has 0 aromatic heterocycles. The van der Waals surface area contributed by atoms with Crippen molar-refractivity contribution in [2.24, 2.45) is 0 Å². The molecule has 0 amide bonds. The lowest BCUT2D eigenvalue weighted by Gasteiger charge is -2.40. The van der Waals surface area contributed by atoms with Crippen LogP contribution in [-0.4, -0.2) is 23.7 Å². The van der Waals surface area contributed by atoms with Gasteiger partial charge in [0.1, 0.15) is 0 Å². The molecule has 0 atom stereocenters. The smallest absolute Gasteiger partial charge is 0.337 e. The van der Waals surface area contributed by atoms with E-state index >= 15 is 0 Å². The van der Waals surface area contributed by atoms with Crippen molar-refractivity contribution in [1.82, 2.24) is 0 Å². The van der Waals surface area contributed by atoms with Gasteiger partial charge >= 0.3 is 5.97 Å². The molecule has 96 valence electrons. The summed E-state index contributed by atoms with van der Waals surface area (Å²) in [4.78, 5) is 13.2. The van der Waals surface area contributed by atoms with Crippen molar-refractivity contribution < 1.29 is 9.90 Å². The Kier molecular flexibility index (Phi) is 2.90. The number of allylic oxidation sites excluding steroid dienone is 1. The van der Waals surface area contributed by atoms with Crippen molar-refractivity contribution in [3.63, 3.8) is 0 Å². The zero-order valence-electron chi connectivity index (χ0n) is 10.9. The molecule has 0 radical (unpaired) electrons. The molecular weight excluding hydrogens is 250 g/mol. The number of hydrogen-bond donors (Lipinski definition) is 1. The Labute approximate surface area is 112 Å². The average molecular weight is 266 g/mol. The van der Waals surface area contributed by atoms with Gasteiger partial charge in [0.2, 0.25) is 0 Å². The Morgan fingerprint density at radius 2 is 2.00 bits per heavy atom. The summed E-state index contributed by atoms with van der Waals surface area (Å²) < 4.78 is 0. The number of carboxylic acid groups (broad SMARTS) is 1. The van der Waals surface area contributed by atoms with Crippen molar-refractivity contribution in [3.05, 3.63) is 34.4 Å². The largest absolute Gasteiger partial charge is 0.478 e. The maximum atomic E-state index is 11.1. The van der Waals surface area contributed by atoms with Crippen LogP contribution < -0.4 is 4.90 Å². The summed E-state index contributed by atoms with van der Waals surface area (Å²) in [7, 11) is 1.98. The van der Waals surface area contributed by atoms with Gasteiger partial charge in [0.15, 0.2) is 0 Å². The minimum Gasteiger partial charge on any atom is -0.478 e. The maximum Gasteiger partial charge on any atom is 0.337 e. The number of benzene rings is 1. The van der Waals surface area contributed by atoms with Gasteiger partial charge in [0.05, 0.1) is 16.1 Å². The number of hydrogen-bond acceptors (Lipinski definition) is 2. The highest BCUT2D eigenvalue weighted by Crippen LogP contribution is 2.40. The van der Waals surface area contributed by atoms with Gasteiger partial charge in [0.25, 0.3) is 0 Å². The van der Waals surface area contributed by atoms with E-state index in [9.17, 15) is 4.79 Å². The van der Waals surface area contributed by atoms with E-state index < -0.39 is 5.97 Å². The lowest BCUT2D eigenvalue weighted by atomic mass is 9.88. The fourth-order valence-corrected chi connectivity index (χ4v) is 2.57. The zero-order chi connectivity index (χ0) is 13.7. The van der Waals surface area contributed by atoms with Gasteiger partial charge in [-0.1, -0.05) is 17.7 Å². The fourth-order valence-electron chi connectivity index (χ4n) is 2.33. The molecule has 0 aliphatic carbocycles. The van der Waals surface area contributed by atoms with Crippen LogP contribution in [0.2, 0.25) is 5.02 Å². The summed E-state index contributed by atoms with van der Waals surface area (Å²) in [5.74, 6) is -0.997. The predicted molar refractivity (Wildman–Crippen MR) is 74.5 cm³/mol. The first kappa shape index (κ1) is 13.0. The third kappa shape index (κ3) is 1.89. The summed E-state index contributed by atoms with van der Waals surface area (Å²) in [5.41, 5.74) is 3.02. The number of carboxylic acids is 1. The molecule has 2 rings (SSSR count). The van der Waals surface area contributed by atoms with Crippen LogP contribution in [0.3, 0.4) is 0 Å². The van der Waals surface area contributed by atoms with Crippen LogP contribution in [0.1, 0.15) is 36.7 Å². The summed E-state index contributed by atoms with van der Waals surface area (Å²) in [6.45, 7) is 6.21. The van der Waals surface area contributed by atoms with Gasteiger partial charge in [-0.25, -0.2) is 4.79 Å². The van der Waals surface area contributed by atoms with Crippen molar-refractivity contribution in [1.29, 1.82) is 0 Å². The van der Waals surface area contributed by atoms with Crippen molar-refractivity contribution in [2.75, 3.05) is 11.9 Å². The van der Waals surface area contributed by atoms with Crippen LogP contribution in [-0.2, 0) is 0 Å². The molecule has 0 unspecified atom stereocenters. The van der Waals surface area contributed by atoms with Crippen molar-refractivity contribution >= 4 is 28.8 Å². The van der Waals surface area contributed by atoms with E-state index in [2.05, 4.69) is 24.8 Å². The summed E-state index contributed by atoms with van der Waals surface area (Å²) in [5, 5.41) is 9.38. The Hall–Kier alpha value is -1.48. The first-order chi connectivity index (χ1) is 8.24. The minimum absolute atomic E-state index is 0.106. The molecule has 1 heterocycles. The molecule has 0 bridgehead atoms. The molecule has 0 spiro atoms. The van der Waals surface area contributed by atoms with Crippen LogP contribution in [0.15, 0.2) is 18.2 Å². The van der Waals surface area contributed by atoms with Crippen LogP contribution in [0.4, 0.5) is 5.69 Å². The Balaban J connectivity index is 2.70. The van der Waals surface area contributed by atoms with E-state index in [1.165, 1.54) is 0 Å². The molecule has 18 heavy (non-hydrogen) atoms. The van der Waals surface area contributed by atoms with Gasteiger partial charge in [-0.15, -0.1) is 0 Å². The number of likely N-dealkylation sites (N-methyl/N-ethyl adjacent to an activating group) is 1. The van der Waals surface area contributed by atoms with Crippen LogP contribution in [0.5, 0.6) is 0 Å². The predicted octanol–water partition coefficient (Wildman–Crippen LogP) is 3.67. The van der Waals surface area contributed by atoms with Gasteiger partial charge < -0.3 is 10.0 Å². The summed E-state index contributed by atoms with van der Waals surface area (Å²) in [6, 6.07) is 3.39. The Morgan fingerprint density at radius 3 is 2.56 bits per heavy atom. The number of aromatic carboxylic acids is 1. The Morgan fingerprint density at radius 1 is 1.39 bits per heavy atom. The first-order valence-corrected chi connectivity index (χ1v) is 6.12. The molecule has 1 aliphatic rings. The number of anilines is 1. The molecule has 1 aromatic rings. The first-order valence-electron chi connectivity index (χ1n) is 5.74. The second-order valence-electron chi connectivity index (χ2n) is 5.19. The van der Waals surface area contributed by atoms with Crippen molar-refractivity contribution in [3.8, 4) is 0 Å². The molecule has 0 saturated heterocycles. The molecule has 1 N–H and O–H groups in total. The van der Waals surface area contributed by atoms with Crippen molar-refractivity contribution in [2.45, 2.75) is 26.3 Å². The third-order valence-corrected chi connectivity index (χ3v) is 3.85. The molecule has 4 heteroatoms. The topological polar surface area (TPSA) is 40.5 Å². The van der Waals surface area contributed by atoms with E-state index in [1.54, 1.807) is 12.1 Å². The number of fused-ring (bicyclic) bond motifs is 1. The standard InChI is InChI=1S/C14H16ClNO2/c1-8-7-14(2,3)16(4)12-6-11(15)10(13(17)18)5-9(8)12/h5-7H,1-4H3,(H,17,18). The molecular formula is C14H16ClNO2. The number of halogens is 1. The quantitative estimate of drug-likeness (QED) is 0.842. The number of nitrogens with zero attached hydrogens (tertiary/aromatic N) is 1. The van der Waals surface area contributed by atoms with E-state index in [0.717, 1.165) is 16.8 Å². The second kappa shape index (κ2) is 4.02. The monoisotopic (exact) mass is 265 g/mol. The SMILES string of the molecule is CC1=CC(C)(C)N(C)c2cc(Cl)c(C(=O)O)cc21. The van der Waals surface area contributed by atoms with Crippen LogP contribution in [0, 0.1) is 0 Å². The van der Waals surface area contributed by atoms with Crippen LogP contribution >= 0.6 is 11.6 Å². The molecule has 3 nitrogen and oxygen atoms in total. The van der Waals surface area contributed by atoms with Crippen LogP contribution in [0.25, 0.3) is 5.57 Å².